The summed E-state index contributed by atoms with van der Waals surface area (Å²) in [6.45, 7) is 3.83. The van der Waals surface area contributed by atoms with Gasteiger partial charge >= 0.3 is 0 Å². The molecule has 0 radical (unpaired) electrons. The normalized spacial score (nSPS) is 27.3. The van der Waals surface area contributed by atoms with Crippen molar-refractivity contribution in [3.63, 3.8) is 0 Å². The number of aliphatic hydroxyl groups is 1. The quantitative estimate of drug-likeness (QED) is 0.571. The molecule has 92 valence electrons. The highest BCUT2D eigenvalue weighted by molar-refractivity contribution is 5.92. The summed E-state index contributed by atoms with van der Waals surface area (Å²) in [7, 11) is 0. The average Bonchev–Trinajstić information content (AvgIpc) is 2.45. The van der Waals surface area contributed by atoms with Gasteiger partial charge in [0.15, 0.2) is 0 Å². The highest BCUT2D eigenvalue weighted by Gasteiger charge is 2.23. The van der Waals surface area contributed by atoms with Gasteiger partial charge in [-0.05, 0) is 26.2 Å². The van der Waals surface area contributed by atoms with Gasteiger partial charge in [-0.25, -0.2) is 0 Å². The van der Waals surface area contributed by atoms with Crippen LogP contribution < -0.4 is 5.32 Å². The van der Waals surface area contributed by atoms with E-state index in [1.54, 1.807) is 0 Å². The minimum absolute atomic E-state index is 0.0344. The summed E-state index contributed by atoms with van der Waals surface area (Å²) in [5.74, 6) is -0.0344. The fourth-order valence-electron chi connectivity index (χ4n) is 2.14. The van der Waals surface area contributed by atoms with E-state index >= 15 is 0 Å². The standard InChI is InChI=1S/C13H23NO2/c1-3-7-10(2)13(16)14-11-8-5-4-6-9-12(11)15/h7,11-12,15H,3-6,8-9H2,1-2H3,(H,14,16)/b10-7-. The van der Waals surface area contributed by atoms with Crippen molar-refractivity contribution in [1.29, 1.82) is 0 Å². The molecule has 1 fully saturated rings. The minimum Gasteiger partial charge on any atom is -0.391 e. The molecule has 3 nitrogen and oxygen atoms in total. The van der Waals surface area contributed by atoms with Crippen LogP contribution in [0.25, 0.3) is 0 Å². The molecule has 0 aromatic heterocycles. The second-order valence-electron chi connectivity index (χ2n) is 4.58. The molecule has 0 heterocycles. The van der Waals surface area contributed by atoms with Gasteiger partial charge in [-0.15, -0.1) is 0 Å². The molecule has 0 aliphatic heterocycles. The number of rotatable bonds is 3. The van der Waals surface area contributed by atoms with Gasteiger partial charge in [-0.1, -0.05) is 32.3 Å². The van der Waals surface area contributed by atoms with Crippen LogP contribution in [0.3, 0.4) is 0 Å². The predicted octanol–water partition coefficient (Wildman–Crippen LogP) is 2.15. The monoisotopic (exact) mass is 225 g/mol. The summed E-state index contributed by atoms with van der Waals surface area (Å²) in [5.41, 5.74) is 0.749. The third-order valence-corrected chi connectivity index (χ3v) is 3.16. The zero-order valence-corrected chi connectivity index (χ0v) is 10.3. The molecule has 2 unspecified atom stereocenters. The Morgan fingerprint density at radius 2 is 2.06 bits per heavy atom. The highest BCUT2D eigenvalue weighted by Crippen LogP contribution is 2.18. The second-order valence-corrected chi connectivity index (χ2v) is 4.58. The molecule has 2 atom stereocenters. The molecular weight excluding hydrogens is 202 g/mol. The largest absolute Gasteiger partial charge is 0.391 e. The van der Waals surface area contributed by atoms with E-state index in [0.29, 0.717) is 0 Å². The van der Waals surface area contributed by atoms with E-state index in [-0.39, 0.29) is 18.1 Å². The van der Waals surface area contributed by atoms with E-state index in [0.717, 1.165) is 44.1 Å². The smallest absolute Gasteiger partial charge is 0.246 e. The van der Waals surface area contributed by atoms with Gasteiger partial charge in [0.1, 0.15) is 0 Å². The molecule has 1 rings (SSSR count). The lowest BCUT2D eigenvalue weighted by Gasteiger charge is -2.21. The Labute approximate surface area is 97.9 Å². The highest BCUT2D eigenvalue weighted by atomic mass is 16.3. The van der Waals surface area contributed by atoms with Crippen LogP contribution in [0, 0.1) is 0 Å². The van der Waals surface area contributed by atoms with Crippen molar-refractivity contribution in [1.82, 2.24) is 5.32 Å². The molecule has 0 aromatic rings. The fraction of sp³-hybridized carbons (Fsp3) is 0.769. The van der Waals surface area contributed by atoms with Gasteiger partial charge < -0.3 is 10.4 Å². The Hall–Kier alpha value is -0.830. The summed E-state index contributed by atoms with van der Waals surface area (Å²) in [6.07, 6.45) is 7.43. The van der Waals surface area contributed by atoms with E-state index in [1.165, 1.54) is 0 Å². The Morgan fingerprint density at radius 1 is 1.38 bits per heavy atom. The maximum Gasteiger partial charge on any atom is 0.246 e. The first kappa shape index (κ1) is 13.2. The van der Waals surface area contributed by atoms with Crippen LogP contribution in [-0.4, -0.2) is 23.2 Å². The predicted molar refractivity (Wildman–Crippen MR) is 65.1 cm³/mol. The van der Waals surface area contributed by atoms with Gasteiger partial charge in [0.25, 0.3) is 0 Å². The number of aliphatic hydroxyl groups excluding tert-OH is 1. The number of allylic oxidation sites excluding steroid dienone is 1. The second kappa shape index (κ2) is 6.69. The van der Waals surface area contributed by atoms with E-state index in [2.05, 4.69) is 5.32 Å². The summed E-state index contributed by atoms with van der Waals surface area (Å²) >= 11 is 0. The number of nitrogens with one attached hydrogen (secondary N) is 1. The van der Waals surface area contributed by atoms with Gasteiger partial charge in [0.05, 0.1) is 12.1 Å². The lowest BCUT2D eigenvalue weighted by molar-refractivity contribution is -0.119. The topological polar surface area (TPSA) is 49.3 Å². The van der Waals surface area contributed by atoms with Crippen molar-refractivity contribution in [3.05, 3.63) is 11.6 Å². The van der Waals surface area contributed by atoms with Crippen molar-refractivity contribution in [2.45, 2.75) is 64.5 Å². The van der Waals surface area contributed by atoms with E-state index < -0.39 is 0 Å². The fourth-order valence-corrected chi connectivity index (χ4v) is 2.14. The summed E-state index contributed by atoms with van der Waals surface area (Å²) in [5, 5.41) is 12.8. The number of carbonyl (C=O) groups is 1. The van der Waals surface area contributed by atoms with E-state index in [4.69, 9.17) is 0 Å². The van der Waals surface area contributed by atoms with Crippen molar-refractivity contribution in [2.75, 3.05) is 0 Å². The van der Waals surface area contributed by atoms with Crippen LogP contribution in [0.15, 0.2) is 11.6 Å². The molecule has 0 aromatic carbocycles. The summed E-state index contributed by atoms with van der Waals surface area (Å²) in [4.78, 5) is 11.8. The maximum atomic E-state index is 11.8. The molecule has 2 N–H and O–H groups in total. The molecule has 0 spiro atoms. The summed E-state index contributed by atoms with van der Waals surface area (Å²) in [6, 6.07) is -0.0600. The van der Waals surface area contributed by atoms with Crippen LogP contribution in [0.4, 0.5) is 0 Å². The van der Waals surface area contributed by atoms with Gasteiger partial charge in [0.2, 0.25) is 5.91 Å². The minimum atomic E-state index is -0.374. The first-order valence-corrected chi connectivity index (χ1v) is 6.30. The SMILES string of the molecule is CC/C=C(/C)C(=O)NC1CCCCCC1O. The van der Waals surface area contributed by atoms with Crippen molar-refractivity contribution < 1.29 is 9.90 Å². The van der Waals surface area contributed by atoms with Crippen LogP contribution in [-0.2, 0) is 4.79 Å². The van der Waals surface area contributed by atoms with Gasteiger partial charge in [-0.3, -0.25) is 4.79 Å². The van der Waals surface area contributed by atoms with E-state index in [1.807, 2.05) is 19.9 Å². The van der Waals surface area contributed by atoms with Crippen molar-refractivity contribution in [2.24, 2.45) is 0 Å². The Balaban J connectivity index is 2.51. The third kappa shape index (κ3) is 3.97. The van der Waals surface area contributed by atoms with Crippen LogP contribution in [0.5, 0.6) is 0 Å². The molecule has 1 aliphatic rings. The summed E-state index contributed by atoms with van der Waals surface area (Å²) < 4.78 is 0. The average molecular weight is 225 g/mol. The molecule has 1 saturated carbocycles. The van der Waals surface area contributed by atoms with Crippen molar-refractivity contribution in [3.8, 4) is 0 Å². The van der Waals surface area contributed by atoms with Gasteiger partial charge in [0, 0.05) is 5.57 Å². The third-order valence-electron chi connectivity index (χ3n) is 3.16. The van der Waals surface area contributed by atoms with Crippen LogP contribution in [0.1, 0.15) is 52.4 Å². The number of hydrogen-bond donors (Lipinski definition) is 2. The zero-order chi connectivity index (χ0) is 12.0. The lowest BCUT2D eigenvalue weighted by Crippen LogP contribution is -2.43. The van der Waals surface area contributed by atoms with E-state index in [9.17, 15) is 9.90 Å². The lowest BCUT2D eigenvalue weighted by atomic mass is 10.1. The maximum absolute atomic E-state index is 11.8. The zero-order valence-electron chi connectivity index (χ0n) is 10.3. The molecule has 16 heavy (non-hydrogen) atoms. The van der Waals surface area contributed by atoms with Gasteiger partial charge in [-0.2, -0.15) is 0 Å². The molecule has 0 saturated heterocycles. The van der Waals surface area contributed by atoms with Crippen LogP contribution in [0.2, 0.25) is 0 Å². The molecule has 1 amide bonds. The molecule has 3 heteroatoms. The number of hydrogen-bond acceptors (Lipinski definition) is 2. The Kier molecular flexibility index (Phi) is 5.53. The molecular formula is C13H23NO2. The molecule has 1 aliphatic carbocycles. The number of amides is 1. The first-order chi connectivity index (χ1) is 7.65. The Morgan fingerprint density at radius 3 is 2.75 bits per heavy atom. The Bertz CT molecular complexity index is 261. The van der Waals surface area contributed by atoms with Crippen LogP contribution >= 0.6 is 0 Å². The van der Waals surface area contributed by atoms with Crippen molar-refractivity contribution >= 4 is 5.91 Å². The first-order valence-electron chi connectivity index (χ1n) is 6.30. The number of carbonyl (C=O) groups excluding carboxylic acids is 1. The molecule has 0 bridgehead atoms.